The highest BCUT2D eigenvalue weighted by atomic mass is 32.2. The second-order valence-corrected chi connectivity index (χ2v) is 10.4. The van der Waals surface area contributed by atoms with Crippen LogP contribution in [0, 0.1) is 10.1 Å². The molecule has 0 radical (unpaired) electrons. The Bertz CT molecular complexity index is 1200. The van der Waals surface area contributed by atoms with Crippen molar-refractivity contribution in [2.75, 3.05) is 24.2 Å². The van der Waals surface area contributed by atoms with E-state index >= 15 is 0 Å². The molecule has 2 rings (SSSR count). The van der Waals surface area contributed by atoms with Gasteiger partial charge in [-0.2, -0.15) is 0 Å². The quantitative estimate of drug-likeness (QED) is 0.335. The van der Waals surface area contributed by atoms with Crippen molar-refractivity contribution in [3.8, 4) is 5.75 Å². The largest absolute Gasteiger partial charge is 0.497 e. The van der Waals surface area contributed by atoms with E-state index in [-0.39, 0.29) is 36.3 Å². The van der Waals surface area contributed by atoms with Crippen LogP contribution in [0.2, 0.25) is 0 Å². The van der Waals surface area contributed by atoms with E-state index in [0.717, 1.165) is 16.6 Å². The van der Waals surface area contributed by atoms with Crippen molar-refractivity contribution < 1.29 is 27.7 Å². The molecule has 2 aromatic rings. The first-order valence-electron chi connectivity index (χ1n) is 11.3. The van der Waals surface area contributed by atoms with Gasteiger partial charge in [-0.25, -0.2) is 8.42 Å². The van der Waals surface area contributed by atoms with Crippen LogP contribution in [0.25, 0.3) is 0 Å². The molecule has 36 heavy (non-hydrogen) atoms. The van der Waals surface area contributed by atoms with E-state index < -0.39 is 33.4 Å². The first-order chi connectivity index (χ1) is 16.9. The van der Waals surface area contributed by atoms with Gasteiger partial charge in [0.15, 0.2) is 0 Å². The van der Waals surface area contributed by atoms with E-state index in [9.17, 15) is 28.1 Å². The normalized spacial score (nSPS) is 12.1. The number of hydrogen-bond donors (Lipinski definition) is 1. The third-order valence-corrected chi connectivity index (χ3v) is 6.45. The number of nitrogens with zero attached hydrogens (tertiary/aromatic N) is 3. The van der Waals surface area contributed by atoms with Gasteiger partial charge in [0.1, 0.15) is 18.3 Å². The van der Waals surface area contributed by atoms with Crippen LogP contribution >= 0.6 is 0 Å². The standard InChI is InChI=1S/C24H32N4O7S/c1-6-22(24(30)25-17(2)3)26(15-18-9-7-12-21(13-18)35-4)23(29)16-27(36(5,33)34)19-10-8-11-20(14-19)28(31)32/h7-14,17,22H,6,15-16H2,1-5H3,(H,25,30)/t22-/m1/s1. The molecular weight excluding hydrogens is 488 g/mol. The molecule has 0 saturated heterocycles. The van der Waals surface area contributed by atoms with Crippen molar-refractivity contribution >= 4 is 33.2 Å². The third-order valence-electron chi connectivity index (χ3n) is 5.31. The molecule has 0 fully saturated rings. The van der Waals surface area contributed by atoms with E-state index in [0.29, 0.717) is 11.3 Å². The van der Waals surface area contributed by atoms with Gasteiger partial charge in [-0.05, 0) is 44.0 Å². The Morgan fingerprint density at radius 1 is 1.14 bits per heavy atom. The van der Waals surface area contributed by atoms with E-state index in [1.807, 2.05) is 0 Å². The maximum Gasteiger partial charge on any atom is 0.271 e. The second-order valence-electron chi connectivity index (χ2n) is 8.51. The Balaban J connectivity index is 2.49. The van der Waals surface area contributed by atoms with E-state index in [4.69, 9.17) is 4.74 Å². The lowest BCUT2D eigenvalue weighted by Gasteiger charge is -2.33. The fourth-order valence-corrected chi connectivity index (χ4v) is 4.48. The minimum atomic E-state index is -4.00. The molecule has 2 amide bonds. The summed E-state index contributed by atoms with van der Waals surface area (Å²) in [4.78, 5) is 38.5. The van der Waals surface area contributed by atoms with Crippen LogP contribution in [0.5, 0.6) is 5.75 Å². The van der Waals surface area contributed by atoms with Crippen molar-refractivity contribution in [2.24, 2.45) is 0 Å². The first-order valence-corrected chi connectivity index (χ1v) is 13.2. The number of rotatable bonds is 12. The number of sulfonamides is 1. The molecule has 1 N–H and O–H groups in total. The molecule has 11 nitrogen and oxygen atoms in total. The predicted molar refractivity (Wildman–Crippen MR) is 136 cm³/mol. The van der Waals surface area contributed by atoms with Gasteiger partial charge in [0, 0.05) is 24.7 Å². The smallest absolute Gasteiger partial charge is 0.271 e. The van der Waals surface area contributed by atoms with Gasteiger partial charge in [-0.3, -0.25) is 24.0 Å². The summed E-state index contributed by atoms with van der Waals surface area (Å²) in [6.45, 7) is 4.73. The number of benzene rings is 2. The van der Waals surface area contributed by atoms with Crippen molar-refractivity contribution in [3.05, 3.63) is 64.2 Å². The second kappa shape index (κ2) is 12.3. The van der Waals surface area contributed by atoms with Crippen LogP contribution in [0.3, 0.4) is 0 Å². The van der Waals surface area contributed by atoms with Crippen LogP contribution in [0.15, 0.2) is 48.5 Å². The van der Waals surface area contributed by atoms with Crippen molar-refractivity contribution in [3.63, 3.8) is 0 Å². The van der Waals surface area contributed by atoms with E-state index in [1.54, 1.807) is 45.0 Å². The van der Waals surface area contributed by atoms with Gasteiger partial charge in [-0.1, -0.05) is 25.1 Å². The average molecular weight is 521 g/mol. The number of ether oxygens (including phenoxy) is 1. The Morgan fingerprint density at radius 3 is 2.36 bits per heavy atom. The number of non-ortho nitro benzene ring substituents is 1. The fraction of sp³-hybridized carbons (Fsp3) is 0.417. The molecular formula is C24H32N4O7S. The SMILES string of the molecule is CC[C@H](C(=O)NC(C)C)N(Cc1cccc(OC)c1)C(=O)CN(c1cccc([N+](=O)[O-])c1)S(C)(=O)=O. The topological polar surface area (TPSA) is 139 Å². The maximum absolute atomic E-state index is 13.6. The summed E-state index contributed by atoms with van der Waals surface area (Å²) >= 11 is 0. The number of nitrogens with one attached hydrogen (secondary N) is 1. The summed E-state index contributed by atoms with van der Waals surface area (Å²) in [6.07, 6.45) is 1.19. The van der Waals surface area contributed by atoms with Gasteiger partial charge in [0.25, 0.3) is 5.69 Å². The molecule has 0 spiro atoms. The number of methoxy groups -OCH3 is 1. The number of hydrogen-bond acceptors (Lipinski definition) is 7. The molecule has 1 atom stereocenters. The number of anilines is 1. The zero-order chi connectivity index (χ0) is 27.0. The minimum absolute atomic E-state index is 0.0204. The molecule has 0 heterocycles. The van der Waals surface area contributed by atoms with Gasteiger partial charge in [-0.15, -0.1) is 0 Å². The predicted octanol–water partition coefficient (Wildman–Crippen LogP) is 2.70. The van der Waals surface area contributed by atoms with E-state index in [2.05, 4.69) is 5.32 Å². The number of amides is 2. The lowest BCUT2D eigenvalue weighted by molar-refractivity contribution is -0.384. The van der Waals surface area contributed by atoms with Crippen LogP contribution < -0.4 is 14.4 Å². The van der Waals surface area contributed by atoms with Crippen molar-refractivity contribution in [2.45, 2.75) is 45.8 Å². The fourth-order valence-electron chi connectivity index (χ4n) is 3.64. The molecule has 0 aliphatic rings. The Morgan fingerprint density at radius 2 is 1.81 bits per heavy atom. The monoisotopic (exact) mass is 520 g/mol. The first kappa shape index (κ1) is 28.6. The highest BCUT2D eigenvalue weighted by molar-refractivity contribution is 7.92. The molecule has 0 aliphatic heterocycles. The zero-order valence-corrected chi connectivity index (χ0v) is 21.8. The van der Waals surface area contributed by atoms with Gasteiger partial charge in [0.05, 0.1) is 24.0 Å². The lowest BCUT2D eigenvalue weighted by atomic mass is 10.1. The highest BCUT2D eigenvalue weighted by Gasteiger charge is 2.32. The van der Waals surface area contributed by atoms with Crippen LogP contribution in [-0.4, -0.2) is 62.0 Å². The zero-order valence-electron chi connectivity index (χ0n) is 21.0. The van der Waals surface area contributed by atoms with Crippen molar-refractivity contribution in [1.82, 2.24) is 10.2 Å². The summed E-state index contributed by atoms with van der Waals surface area (Å²) in [5.41, 5.74) is 0.338. The van der Waals surface area contributed by atoms with E-state index in [1.165, 1.54) is 30.2 Å². The summed E-state index contributed by atoms with van der Waals surface area (Å²) in [5.74, 6) is -0.445. The van der Waals surface area contributed by atoms with Crippen molar-refractivity contribution in [1.29, 1.82) is 0 Å². The maximum atomic E-state index is 13.6. The number of nitro benzene ring substituents is 1. The van der Waals surface area contributed by atoms with Crippen LogP contribution in [-0.2, 0) is 26.2 Å². The number of carbonyl (C=O) groups is 2. The molecule has 12 heteroatoms. The molecule has 0 aromatic heterocycles. The van der Waals surface area contributed by atoms with Gasteiger partial charge < -0.3 is 15.0 Å². The highest BCUT2D eigenvalue weighted by Crippen LogP contribution is 2.24. The molecule has 0 aliphatic carbocycles. The summed E-state index contributed by atoms with van der Waals surface area (Å²) in [6, 6.07) is 11.0. The molecule has 196 valence electrons. The summed E-state index contributed by atoms with van der Waals surface area (Å²) in [7, 11) is -2.49. The van der Waals surface area contributed by atoms with Crippen LogP contribution in [0.4, 0.5) is 11.4 Å². The summed E-state index contributed by atoms with van der Waals surface area (Å²) < 4.78 is 31.3. The van der Waals surface area contributed by atoms with Gasteiger partial charge >= 0.3 is 0 Å². The molecule has 2 aromatic carbocycles. The summed E-state index contributed by atoms with van der Waals surface area (Å²) in [5, 5.41) is 14.0. The number of nitro groups is 1. The average Bonchev–Trinajstić information content (AvgIpc) is 2.81. The van der Waals surface area contributed by atoms with Gasteiger partial charge in [0.2, 0.25) is 21.8 Å². The minimum Gasteiger partial charge on any atom is -0.497 e. The Hall–Kier alpha value is -3.67. The molecule has 0 saturated carbocycles. The molecule has 0 bridgehead atoms. The lowest BCUT2D eigenvalue weighted by Crippen LogP contribution is -2.53. The molecule has 0 unspecified atom stereocenters. The number of carbonyl (C=O) groups excluding carboxylic acids is 2. The van der Waals surface area contributed by atoms with Crippen LogP contribution in [0.1, 0.15) is 32.8 Å². The Labute approximate surface area is 211 Å². The third kappa shape index (κ3) is 7.67. The Kier molecular flexibility index (Phi) is 9.79.